The first-order valence-corrected chi connectivity index (χ1v) is 3.83. The molecule has 0 saturated carbocycles. The predicted molar refractivity (Wildman–Crippen MR) is 44.2 cm³/mol. The van der Waals surface area contributed by atoms with Crippen LogP contribution in [0.25, 0.3) is 0 Å². The molecule has 0 rings (SSSR count). The minimum Gasteiger partial charge on any atom is -0.303 e. The van der Waals surface area contributed by atoms with E-state index in [-0.39, 0.29) is 11.8 Å². The Morgan fingerprint density at radius 1 is 1.36 bits per heavy atom. The molecule has 0 spiro atoms. The molecule has 0 aliphatic rings. The Kier molecular flexibility index (Phi) is 5.35. The van der Waals surface area contributed by atoms with E-state index in [1.54, 1.807) is 0 Å². The minimum atomic E-state index is -0.299. The SMILES string of the molecule is C=CC(C=O)C(C=O)CCC. The Hall–Kier alpha value is -0.920. The van der Waals surface area contributed by atoms with Crippen molar-refractivity contribution >= 4 is 12.6 Å². The van der Waals surface area contributed by atoms with Crippen molar-refractivity contribution < 1.29 is 9.59 Å². The van der Waals surface area contributed by atoms with Gasteiger partial charge in [0.05, 0.1) is 0 Å². The van der Waals surface area contributed by atoms with Crippen molar-refractivity contribution in [1.82, 2.24) is 0 Å². The highest BCUT2D eigenvalue weighted by Gasteiger charge is 2.15. The summed E-state index contributed by atoms with van der Waals surface area (Å²) < 4.78 is 0. The molecule has 0 fully saturated rings. The van der Waals surface area contributed by atoms with Gasteiger partial charge in [0.15, 0.2) is 0 Å². The van der Waals surface area contributed by atoms with Crippen LogP contribution < -0.4 is 0 Å². The molecule has 0 heterocycles. The first kappa shape index (κ1) is 10.1. The Balaban J connectivity index is 4.07. The summed E-state index contributed by atoms with van der Waals surface area (Å²) in [5, 5.41) is 0. The van der Waals surface area contributed by atoms with E-state index in [2.05, 4.69) is 6.58 Å². The van der Waals surface area contributed by atoms with Crippen molar-refractivity contribution in [1.29, 1.82) is 0 Å². The third-order valence-electron chi connectivity index (χ3n) is 1.72. The molecule has 0 aliphatic heterocycles. The smallest absolute Gasteiger partial charge is 0.127 e. The Labute approximate surface area is 67.3 Å². The van der Waals surface area contributed by atoms with Crippen LogP contribution in [0.1, 0.15) is 19.8 Å². The lowest BCUT2D eigenvalue weighted by atomic mass is 9.91. The summed E-state index contributed by atoms with van der Waals surface area (Å²) in [6.07, 6.45) is 4.83. The first-order valence-electron chi connectivity index (χ1n) is 3.83. The highest BCUT2D eigenvalue weighted by molar-refractivity contribution is 5.66. The van der Waals surface area contributed by atoms with Gasteiger partial charge in [-0.25, -0.2) is 0 Å². The van der Waals surface area contributed by atoms with Crippen molar-refractivity contribution in [3.05, 3.63) is 12.7 Å². The second-order valence-corrected chi connectivity index (χ2v) is 2.54. The van der Waals surface area contributed by atoms with Crippen LogP contribution >= 0.6 is 0 Å². The molecule has 2 unspecified atom stereocenters. The molecule has 0 saturated heterocycles. The number of rotatable bonds is 6. The molecular weight excluding hydrogens is 140 g/mol. The zero-order valence-corrected chi connectivity index (χ0v) is 6.82. The van der Waals surface area contributed by atoms with Gasteiger partial charge in [0.1, 0.15) is 12.6 Å². The van der Waals surface area contributed by atoms with Crippen LogP contribution in [0, 0.1) is 11.8 Å². The summed E-state index contributed by atoms with van der Waals surface area (Å²) >= 11 is 0. The van der Waals surface area contributed by atoms with Gasteiger partial charge in [-0.2, -0.15) is 0 Å². The number of hydrogen-bond donors (Lipinski definition) is 0. The summed E-state index contributed by atoms with van der Waals surface area (Å²) in [6.45, 7) is 5.48. The summed E-state index contributed by atoms with van der Waals surface area (Å²) in [5.74, 6) is -0.470. The molecule has 11 heavy (non-hydrogen) atoms. The molecule has 0 aliphatic carbocycles. The van der Waals surface area contributed by atoms with Crippen LogP contribution in [-0.4, -0.2) is 12.6 Å². The Morgan fingerprint density at radius 3 is 2.27 bits per heavy atom. The van der Waals surface area contributed by atoms with E-state index < -0.39 is 0 Å². The Bertz CT molecular complexity index is 132. The molecule has 0 aromatic rings. The van der Waals surface area contributed by atoms with Gasteiger partial charge >= 0.3 is 0 Å². The average molecular weight is 154 g/mol. The van der Waals surface area contributed by atoms with Gasteiger partial charge in [-0.15, -0.1) is 6.58 Å². The standard InChI is InChI=1S/C9H14O2/c1-3-5-9(7-11)8(4-2)6-10/h4,6-9H,2-3,5H2,1H3. The number of allylic oxidation sites excluding steroid dienone is 1. The zero-order valence-electron chi connectivity index (χ0n) is 6.82. The van der Waals surface area contributed by atoms with Gasteiger partial charge in [0, 0.05) is 11.8 Å². The largest absolute Gasteiger partial charge is 0.303 e. The van der Waals surface area contributed by atoms with Gasteiger partial charge in [0.25, 0.3) is 0 Å². The molecule has 0 amide bonds. The van der Waals surface area contributed by atoms with Crippen molar-refractivity contribution in [2.24, 2.45) is 11.8 Å². The van der Waals surface area contributed by atoms with Crippen molar-refractivity contribution in [3.8, 4) is 0 Å². The van der Waals surface area contributed by atoms with Gasteiger partial charge < -0.3 is 9.59 Å². The molecule has 0 radical (unpaired) electrons. The molecular formula is C9H14O2. The van der Waals surface area contributed by atoms with Crippen molar-refractivity contribution in [2.45, 2.75) is 19.8 Å². The molecule has 2 atom stereocenters. The van der Waals surface area contributed by atoms with Crippen LogP contribution in [0.3, 0.4) is 0 Å². The maximum Gasteiger partial charge on any atom is 0.127 e. The zero-order chi connectivity index (χ0) is 8.69. The van der Waals surface area contributed by atoms with E-state index in [0.29, 0.717) is 0 Å². The number of hydrogen-bond acceptors (Lipinski definition) is 2. The second kappa shape index (κ2) is 5.83. The molecule has 0 bridgehead atoms. The second-order valence-electron chi connectivity index (χ2n) is 2.54. The quantitative estimate of drug-likeness (QED) is 0.430. The summed E-state index contributed by atoms with van der Waals surface area (Å²) in [4.78, 5) is 20.8. The Morgan fingerprint density at radius 2 is 2.00 bits per heavy atom. The third-order valence-corrected chi connectivity index (χ3v) is 1.72. The van der Waals surface area contributed by atoms with E-state index in [0.717, 1.165) is 25.4 Å². The van der Waals surface area contributed by atoms with Crippen LogP contribution in [-0.2, 0) is 9.59 Å². The number of aldehydes is 2. The molecule has 62 valence electrons. The molecule has 0 aromatic carbocycles. The van der Waals surface area contributed by atoms with Crippen molar-refractivity contribution in [2.75, 3.05) is 0 Å². The normalized spacial score (nSPS) is 15.0. The van der Waals surface area contributed by atoms with E-state index in [4.69, 9.17) is 0 Å². The van der Waals surface area contributed by atoms with Gasteiger partial charge in [-0.3, -0.25) is 0 Å². The molecule has 2 heteroatoms. The van der Waals surface area contributed by atoms with Crippen LogP contribution in [0.4, 0.5) is 0 Å². The van der Waals surface area contributed by atoms with Crippen molar-refractivity contribution in [3.63, 3.8) is 0 Å². The lowest BCUT2D eigenvalue weighted by molar-refractivity contribution is -0.118. The number of carbonyl (C=O) groups excluding carboxylic acids is 2. The monoisotopic (exact) mass is 154 g/mol. The van der Waals surface area contributed by atoms with E-state index in [1.165, 1.54) is 6.08 Å². The topological polar surface area (TPSA) is 34.1 Å². The lowest BCUT2D eigenvalue weighted by Gasteiger charge is -2.11. The maximum absolute atomic E-state index is 10.4. The highest BCUT2D eigenvalue weighted by Crippen LogP contribution is 2.14. The van der Waals surface area contributed by atoms with Crippen LogP contribution in [0.5, 0.6) is 0 Å². The lowest BCUT2D eigenvalue weighted by Crippen LogP contribution is -2.14. The summed E-state index contributed by atoms with van der Waals surface area (Å²) in [5.41, 5.74) is 0. The van der Waals surface area contributed by atoms with E-state index in [9.17, 15) is 9.59 Å². The molecule has 2 nitrogen and oxygen atoms in total. The maximum atomic E-state index is 10.4. The fraction of sp³-hybridized carbons (Fsp3) is 0.556. The summed E-state index contributed by atoms with van der Waals surface area (Å²) in [6, 6.07) is 0. The molecule has 0 aromatic heterocycles. The van der Waals surface area contributed by atoms with Crippen LogP contribution in [0.15, 0.2) is 12.7 Å². The average Bonchev–Trinajstić information content (AvgIpc) is 2.05. The van der Waals surface area contributed by atoms with Gasteiger partial charge in [0.2, 0.25) is 0 Å². The molecule has 0 N–H and O–H groups in total. The van der Waals surface area contributed by atoms with Crippen LogP contribution in [0.2, 0.25) is 0 Å². The minimum absolute atomic E-state index is 0.171. The van der Waals surface area contributed by atoms with E-state index >= 15 is 0 Å². The summed E-state index contributed by atoms with van der Waals surface area (Å²) in [7, 11) is 0. The van der Waals surface area contributed by atoms with Gasteiger partial charge in [-0.1, -0.05) is 19.4 Å². The fourth-order valence-corrected chi connectivity index (χ4v) is 1.02. The number of carbonyl (C=O) groups is 2. The highest BCUT2D eigenvalue weighted by atomic mass is 16.1. The third kappa shape index (κ3) is 3.12. The van der Waals surface area contributed by atoms with E-state index in [1.807, 2.05) is 6.92 Å². The van der Waals surface area contributed by atoms with Gasteiger partial charge in [-0.05, 0) is 6.42 Å². The fourth-order valence-electron chi connectivity index (χ4n) is 1.02. The first-order chi connectivity index (χ1) is 5.29. The predicted octanol–water partition coefficient (Wildman–Crippen LogP) is 1.60.